The summed E-state index contributed by atoms with van der Waals surface area (Å²) in [7, 11) is 1.52. The summed E-state index contributed by atoms with van der Waals surface area (Å²) in [6.45, 7) is 0. The van der Waals surface area contributed by atoms with E-state index < -0.39 is 5.63 Å². The van der Waals surface area contributed by atoms with Crippen molar-refractivity contribution in [2.45, 2.75) is 0 Å². The maximum atomic E-state index is 12.1. The molecule has 0 saturated heterocycles. The zero-order valence-electron chi connectivity index (χ0n) is 11.2. The summed E-state index contributed by atoms with van der Waals surface area (Å²) in [6.07, 6.45) is 0. The van der Waals surface area contributed by atoms with Crippen molar-refractivity contribution in [2.24, 2.45) is 0 Å². The molecule has 3 rings (SSSR count). The van der Waals surface area contributed by atoms with Gasteiger partial charge >= 0.3 is 5.63 Å². The van der Waals surface area contributed by atoms with Crippen LogP contribution in [0.3, 0.4) is 0 Å². The van der Waals surface area contributed by atoms with Crippen LogP contribution in [0.1, 0.15) is 0 Å². The molecule has 0 aliphatic rings. The standard InChI is InChI=1S/C16H12O5/c1-20-14-5-3-2-4-10(14)11-6-9-7-12(17)13(18)8-15(9)21-16(11)19/h2-8,17-18H,1H3. The van der Waals surface area contributed by atoms with E-state index in [-0.39, 0.29) is 17.1 Å². The Labute approximate surface area is 119 Å². The van der Waals surface area contributed by atoms with Crippen molar-refractivity contribution < 1.29 is 19.4 Å². The minimum absolute atomic E-state index is 0.203. The smallest absolute Gasteiger partial charge is 0.344 e. The maximum Gasteiger partial charge on any atom is 0.344 e. The van der Waals surface area contributed by atoms with Crippen LogP contribution in [0.15, 0.2) is 51.7 Å². The molecule has 3 aromatic rings. The fourth-order valence-electron chi connectivity index (χ4n) is 2.20. The predicted octanol–water partition coefficient (Wildman–Crippen LogP) is 2.88. The Hall–Kier alpha value is -2.95. The van der Waals surface area contributed by atoms with Gasteiger partial charge in [-0.2, -0.15) is 0 Å². The van der Waals surface area contributed by atoms with Crippen molar-refractivity contribution in [3.63, 3.8) is 0 Å². The number of aromatic hydroxyl groups is 2. The number of para-hydroxylation sites is 1. The second kappa shape index (κ2) is 4.86. The quantitative estimate of drug-likeness (QED) is 0.558. The number of hydrogen-bond acceptors (Lipinski definition) is 5. The molecule has 5 heteroatoms. The molecule has 0 radical (unpaired) electrons. The van der Waals surface area contributed by atoms with Gasteiger partial charge in [-0.25, -0.2) is 4.79 Å². The highest BCUT2D eigenvalue weighted by molar-refractivity contribution is 5.85. The van der Waals surface area contributed by atoms with Crippen LogP contribution in [0, 0.1) is 0 Å². The minimum atomic E-state index is -0.544. The molecule has 1 heterocycles. The first-order chi connectivity index (χ1) is 10.1. The van der Waals surface area contributed by atoms with E-state index in [9.17, 15) is 15.0 Å². The van der Waals surface area contributed by atoms with Crippen molar-refractivity contribution in [2.75, 3.05) is 7.11 Å². The summed E-state index contributed by atoms with van der Waals surface area (Å²) < 4.78 is 10.4. The van der Waals surface area contributed by atoms with E-state index in [1.165, 1.54) is 19.2 Å². The van der Waals surface area contributed by atoms with Gasteiger partial charge in [0, 0.05) is 17.0 Å². The van der Waals surface area contributed by atoms with E-state index in [0.29, 0.717) is 22.3 Å². The molecule has 0 aliphatic carbocycles. The largest absolute Gasteiger partial charge is 0.504 e. The van der Waals surface area contributed by atoms with Crippen LogP contribution >= 0.6 is 0 Å². The van der Waals surface area contributed by atoms with Gasteiger partial charge in [0.1, 0.15) is 11.3 Å². The molecule has 0 bridgehead atoms. The monoisotopic (exact) mass is 284 g/mol. The van der Waals surface area contributed by atoms with Crippen LogP contribution in [0.25, 0.3) is 22.1 Å². The van der Waals surface area contributed by atoms with Crippen molar-refractivity contribution in [3.05, 3.63) is 52.9 Å². The van der Waals surface area contributed by atoms with E-state index >= 15 is 0 Å². The van der Waals surface area contributed by atoms with E-state index in [0.717, 1.165) is 0 Å². The SMILES string of the molecule is COc1ccccc1-c1cc2cc(O)c(O)cc2oc1=O. The third-order valence-electron chi connectivity index (χ3n) is 3.23. The molecule has 0 amide bonds. The number of phenolic OH excluding ortho intramolecular Hbond substituents is 2. The summed E-state index contributed by atoms with van der Waals surface area (Å²) in [5.41, 5.74) is 0.583. The summed E-state index contributed by atoms with van der Waals surface area (Å²) in [5, 5.41) is 19.5. The maximum absolute atomic E-state index is 12.1. The van der Waals surface area contributed by atoms with Crippen LogP contribution in [0.5, 0.6) is 17.2 Å². The number of fused-ring (bicyclic) bond motifs is 1. The Morgan fingerprint density at radius 2 is 1.71 bits per heavy atom. The highest BCUT2D eigenvalue weighted by Gasteiger charge is 2.13. The fourth-order valence-corrected chi connectivity index (χ4v) is 2.20. The van der Waals surface area contributed by atoms with Gasteiger partial charge in [-0.1, -0.05) is 18.2 Å². The van der Waals surface area contributed by atoms with Crippen molar-refractivity contribution >= 4 is 11.0 Å². The molecule has 1 aromatic heterocycles. The van der Waals surface area contributed by atoms with Gasteiger partial charge < -0.3 is 19.4 Å². The molecule has 0 fully saturated rings. The molecule has 0 spiro atoms. The first-order valence-corrected chi connectivity index (χ1v) is 6.23. The summed E-state index contributed by atoms with van der Waals surface area (Å²) in [5.74, 6) is -0.0647. The lowest BCUT2D eigenvalue weighted by Crippen LogP contribution is -2.03. The molecule has 0 atom stereocenters. The van der Waals surface area contributed by atoms with Crippen LogP contribution in [0.2, 0.25) is 0 Å². The fraction of sp³-hybridized carbons (Fsp3) is 0.0625. The first-order valence-electron chi connectivity index (χ1n) is 6.23. The molecular weight excluding hydrogens is 272 g/mol. The molecule has 106 valence electrons. The zero-order valence-corrected chi connectivity index (χ0v) is 11.2. The van der Waals surface area contributed by atoms with Gasteiger partial charge in [0.05, 0.1) is 12.7 Å². The van der Waals surface area contributed by atoms with Gasteiger partial charge in [0.25, 0.3) is 0 Å². The molecule has 0 aliphatic heterocycles. The average molecular weight is 284 g/mol. The van der Waals surface area contributed by atoms with Crippen LogP contribution in [-0.4, -0.2) is 17.3 Å². The van der Waals surface area contributed by atoms with Gasteiger partial charge in [0.15, 0.2) is 11.5 Å². The van der Waals surface area contributed by atoms with E-state index in [1.54, 1.807) is 30.3 Å². The summed E-state index contributed by atoms with van der Waals surface area (Å²) in [4.78, 5) is 12.1. The normalized spacial score (nSPS) is 10.7. The topological polar surface area (TPSA) is 79.9 Å². The first kappa shape index (κ1) is 13.1. The Kier molecular flexibility index (Phi) is 3.02. The number of methoxy groups -OCH3 is 1. The number of benzene rings is 2. The molecule has 2 N–H and O–H groups in total. The summed E-state index contributed by atoms with van der Waals surface area (Å²) in [6, 6.07) is 11.2. The molecule has 2 aromatic carbocycles. The number of ether oxygens (including phenoxy) is 1. The van der Waals surface area contributed by atoms with Crippen LogP contribution in [0.4, 0.5) is 0 Å². The van der Waals surface area contributed by atoms with Crippen molar-refractivity contribution in [3.8, 4) is 28.4 Å². The molecular formula is C16H12O5. The molecule has 0 saturated carbocycles. The Balaban J connectivity index is 2.31. The predicted molar refractivity (Wildman–Crippen MR) is 77.8 cm³/mol. The molecule has 5 nitrogen and oxygen atoms in total. The number of phenols is 2. The third kappa shape index (κ3) is 2.18. The average Bonchev–Trinajstić information content (AvgIpc) is 2.48. The molecule has 21 heavy (non-hydrogen) atoms. The van der Waals surface area contributed by atoms with Crippen molar-refractivity contribution in [1.29, 1.82) is 0 Å². The second-order valence-electron chi connectivity index (χ2n) is 4.53. The molecule has 0 unspecified atom stereocenters. The van der Waals surface area contributed by atoms with Gasteiger partial charge in [0.2, 0.25) is 0 Å². The second-order valence-corrected chi connectivity index (χ2v) is 4.53. The highest BCUT2D eigenvalue weighted by Crippen LogP contribution is 2.33. The minimum Gasteiger partial charge on any atom is -0.504 e. The number of rotatable bonds is 2. The van der Waals surface area contributed by atoms with Crippen molar-refractivity contribution in [1.82, 2.24) is 0 Å². The van der Waals surface area contributed by atoms with Crippen LogP contribution in [-0.2, 0) is 0 Å². The zero-order chi connectivity index (χ0) is 15.0. The summed E-state index contributed by atoms with van der Waals surface area (Å²) >= 11 is 0. The lowest BCUT2D eigenvalue weighted by molar-refractivity contribution is 0.403. The number of hydrogen-bond donors (Lipinski definition) is 2. The highest BCUT2D eigenvalue weighted by atomic mass is 16.5. The van der Waals surface area contributed by atoms with Gasteiger partial charge in [-0.05, 0) is 18.2 Å². The Bertz CT molecular complexity index is 879. The van der Waals surface area contributed by atoms with E-state index in [4.69, 9.17) is 9.15 Å². The third-order valence-corrected chi connectivity index (χ3v) is 3.23. The lowest BCUT2D eigenvalue weighted by Gasteiger charge is -2.08. The van der Waals surface area contributed by atoms with Gasteiger partial charge in [-0.15, -0.1) is 0 Å². The van der Waals surface area contributed by atoms with E-state index in [2.05, 4.69) is 0 Å². The van der Waals surface area contributed by atoms with Gasteiger partial charge in [-0.3, -0.25) is 0 Å². The Morgan fingerprint density at radius 3 is 2.48 bits per heavy atom. The van der Waals surface area contributed by atoms with E-state index in [1.807, 2.05) is 0 Å². The Morgan fingerprint density at radius 1 is 1.00 bits per heavy atom. The van der Waals surface area contributed by atoms with Crippen LogP contribution < -0.4 is 10.4 Å². The lowest BCUT2D eigenvalue weighted by atomic mass is 10.0.